The molecule has 0 aromatic rings. The predicted molar refractivity (Wildman–Crippen MR) is 57.9 cm³/mol. The molecule has 1 fully saturated rings. The van der Waals surface area contributed by atoms with Crippen molar-refractivity contribution in [2.45, 2.75) is 12.8 Å². The monoisotopic (exact) mass is 259 g/mol. The SMILES string of the molecule is CN(CC1CCCOC1)C(=O)C#CBr. The Morgan fingerprint density at radius 3 is 3.07 bits per heavy atom. The number of carbonyl (C=O) groups excluding carboxylic acids is 1. The van der Waals surface area contributed by atoms with Crippen molar-refractivity contribution in [3.63, 3.8) is 0 Å². The van der Waals surface area contributed by atoms with Gasteiger partial charge in [-0.3, -0.25) is 4.79 Å². The van der Waals surface area contributed by atoms with E-state index in [0.717, 1.165) is 32.6 Å². The van der Waals surface area contributed by atoms with Crippen LogP contribution in [0, 0.1) is 16.7 Å². The van der Waals surface area contributed by atoms with Gasteiger partial charge in [-0.15, -0.1) is 0 Å². The first-order valence-corrected chi connectivity index (χ1v) is 5.48. The Labute approximate surface area is 92.9 Å². The lowest BCUT2D eigenvalue weighted by Gasteiger charge is -2.25. The van der Waals surface area contributed by atoms with Crippen LogP contribution in [0.5, 0.6) is 0 Å². The van der Waals surface area contributed by atoms with Crippen LogP contribution in [0.3, 0.4) is 0 Å². The molecule has 1 aliphatic rings. The summed E-state index contributed by atoms with van der Waals surface area (Å²) in [6, 6.07) is 0. The number of hydrogen-bond donors (Lipinski definition) is 0. The van der Waals surface area contributed by atoms with E-state index in [1.165, 1.54) is 0 Å². The molecule has 1 aliphatic heterocycles. The first-order valence-electron chi connectivity index (χ1n) is 4.68. The molecule has 3 nitrogen and oxygen atoms in total. The van der Waals surface area contributed by atoms with Crippen LogP contribution in [-0.4, -0.2) is 37.6 Å². The molecule has 1 rings (SSSR count). The van der Waals surface area contributed by atoms with Gasteiger partial charge in [0, 0.05) is 42.0 Å². The molecule has 1 atom stereocenters. The second-order valence-corrected chi connectivity index (χ2v) is 3.88. The summed E-state index contributed by atoms with van der Waals surface area (Å²) in [5, 5.41) is 0. The van der Waals surface area contributed by atoms with Gasteiger partial charge in [-0.2, -0.15) is 0 Å². The van der Waals surface area contributed by atoms with Gasteiger partial charge in [-0.1, -0.05) is 0 Å². The van der Waals surface area contributed by atoms with E-state index < -0.39 is 0 Å². The van der Waals surface area contributed by atoms with Crippen LogP contribution in [0.2, 0.25) is 0 Å². The van der Waals surface area contributed by atoms with Crippen molar-refractivity contribution >= 4 is 21.8 Å². The Morgan fingerprint density at radius 1 is 1.71 bits per heavy atom. The standard InChI is InChI=1S/C10H14BrNO2/c1-12(10(13)4-5-11)7-9-3-2-6-14-8-9/h9H,2-3,6-8H2,1H3. The Morgan fingerprint density at radius 2 is 2.50 bits per heavy atom. The molecule has 0 aromatic carbocycles. The van der Waals surface area contributed by atoms with Crippen LogP contribution in [0.1, 0.15) is 12.8 Å². The maximum absolute atomic E-state index is 11.3. The molecule has 4 heteroatoms. The summed E-state index contributed by atoms with van der Waals surface area (Å²) in [5.74, 6) is 2.77. The second-order valence-electron chi connectivity index (χ2n) is 3.49. The van der Waals surface area contributed by atoms with E-state index in [4.69, 9.17) is 4.74 Å². The smallest absolute Gasteiger partial charge is 0.299 e. The minimum absolute atomic E-state index is 0.146. The number of halogens is 1. The Kier molecular flexibility index (Phi) is 4.99. The molecule has 1 unspecified atom stereocenters. The zero-order valence-electron chi connectivity index (χ0n) is 8.25. The average molecular weight is 260 g/mol. The highest BCUT2D eigenvalue weighted by Gasteiger charge is 2.17. The van der Waals surface area contributed by atoms with E-state index in [-0.39, 0.29) is 5.91 Å². The predicted octanol–water partition coefficient (Wildman–Crippen LogP) is 1.23. The molecule has 0 N–H and O–H groups in total. The van der Waals surface area contributed by atoms with E-state index in [0.29, 0.717) is 5.92 Å². The minimum Gasteiger partial charge on any atom is -0.381 e. The van der Waals surface area contributed by atoms with E-state index >= 15 is 0 Å². The Hall–Kier alpha value is -0.530. The van der Waals surface area contributed by atoms with Gasteiger partial charge in [-0.05, 0) is 23.6 Å². The third-order valence-electron chi connectivity index (χ3n) is 2.29. The van der Waals surface area contributed by atoms with E-state index in [1.807, 2.05) is 0 Å². The van der Waals surface area contributed by atoms with Crippen molar-refractivity contribution in [3.8, 4) is 10.8 Å². The fourth-order valence-electron chi connectivity index (χ4n) is 1.56. The quantitative estimate of drug-likeness (QED) is 0.699. The highest BCUT2D eigenvalue weighted by molar-refractivity contribution is 9.12. The molecule has 0 radical (unpaired) electrons. The summed E-state index contributed by atoms with van der Waals surface area (Å²) in [4.78, 5) is 15.4. The summed E-state index contributed by atoms with van der Waals surface area (Å²) < 4.78 is 5.34. The molecular weight excluding hydrogens is 246 g/mol. The first-order chi connectivity index (χ1) is 6.74. The van der Waals surface area contributed by atoms with Crippen molar-refractivity contribution in [2.75, 3.05) is 26.8 Å². The molecule has 1 saturated heterocycles. The molecule has 78 valence electrons. The number of hydrogen-bond acceptors (Lipinski definition) is 2. The highest BCUT2D eigenvalue weighted by Crippen LogP contribution is 2.14. The van der Waals surface area contributed by atoms with Gasteiger partial charge in [-0.25, -0.2) is 0 Å². The summed E-state index contributed by atoms with van der Waals surface area (Å²) in [5.41, 5.74) is 0. The molecule has 0 bridgehead atoms. The maximum Gasteiger partial charge on any atom is 0.299 e. The number of ether oxygens (including phenoxy) is 1. The van der Waals surface area contributed by atoms with Gasteiger partial charge in [0.25, 0.3) is 5.91 Å². The molecule has 14 heavy (non-hydrogen) atoms. The lowest BCUT2D eigenvalue weighted by atomic mass is 10.0. The first kappa shape index (κ1) is 11.5. The van der Waals surface area contributed by atoms with Crippen LogP contribution >= 0.6 is 15.9 Å². The van der Waals surface area contributed by atoms with Crippen molar-refractivity contribution in [1.82, 2.24) is 4.90 Å². The maximum atomic E-state index is 11.3. The molecule has 0 aliphatic carbocycles. The van der Waals surface area contributed by atoms with Gasteiger partial charge in [0.05, 0.1) is 6.61 Å². The number of carbonyl (C=O) groups is 1. The molecular formula is C10H14BrNO2. The fraction of sp³-hybridized carbons (Fsp3) is 0.700. The summed E-state index contributed by atoms with van der Waals surface area (Å²) >= 11 is 2.91. The largest absolute Gasteiger partial charge is 0.381 e. The van der Waals surface area contributed by atoms with Crippen LogP contribution in [0.4, 0.5) is 0 Å². The van der Waals surface area contributed by atoms with Crippen LogP contribution < -0.4 is 0 Å². The third-order valence-corrected chi connectivity index (χ3v) is 2.49. The van der Waals surface area contributed by atoms with E-state index in [2.05, 4.69) is 26.7 Å². The van der Waals surface area contributed by atoms with Crippen LogP contribution in [-0.2, 0) is 9.53 Å². The fourth-order valence-corrected chi connectivity index (χ4v) is 1.73. The van der Waals surface area contributed by atoms with Crippen LogP contribution in [0.25, 0.3) is 0 Å². The van der Waals surface area contributed by atoms with Crippen molar-refractivity contribution < 1.29 is 9.53 Å². The molecule has 0 aromatic heterocycles. The molecule has 1 heterocycles. The minimum atomic E-state index is -0.146. The van der Waals surface area contributed by atoms with Gasteiger partial charge >= 0.3 is 0 Å². The van der Waals surface area contributed by atoms with Crippen molar-refractivity contribution in [3.05, 3.63) is 0 Å². The lowest BCUT2D eigenvalue weighted by molar-refractivity contribution is -0.125. The Balaban J connectivity index is 2.33. The van der Waals surface area contributed by atoms with Crippen LogP contribution in [0.15, 0.2) is 0 Å². The van der Waals surface area contributed by atoms with Gasteiger partial charge in [0.2, 0.25) is 0 Å². The van der Waals surface area contributed by atoms with E-state index in [1.54, 1.807) is 11.9 Å². The molecule has 1 amide bonds. The van der Waals surface area contributed by atoms with Gasteiger partial charge in [0.15, 0.2) is 0 Å². The van der Waals surface area contributed by atoms with Gasteiger partial charge in [0.1, 0.15) is 0 Å². The highest BCUT2D eigenvalue weighted by atomic mass is 79.9. The van der Waals surface area contributed by atoms with Crippen molar-refractivity contribution in [2.24, 2.45) is 5.92 Å². The average Bonchev–Trinajstić information content (AvgIpc) is 2.19. The second kappa shape index (κ2) is 6.05. The summed E-state index contributed by atoms with van der Waals surface area (Å²) in [6.07, 6.45) is 2.23. The zero-order chi connectivity index (χ0) is 10.4. The van der Waals surface area contributed by atoms with Crippen molar-refractivity contribution in [1.29, 1.82) is 0 Å². The topological polar surface area (TPSA) is 29.5 Å². The number of nitrogens with zero attached hydrogens (tertiary/aromatic N) is 1. The normalized spacial score (nSPS) is 20.9. The number of amides is 1. The molecule has 0 spiro atoms. The molecule has 0 saturated carbocycles. The summed E-state index contributed by atoms with van der Waals surface area (Å²) in [7, 11) is 1.77. The summed E-state index contributed by atoms with van der Waals surface area (Å²) in [6.45, 7) is 2.36. The third kappa shape index (κ3) is 3.69. The lowest BCUT2D eigenvalue weighted by Crippen LogP contribution is -2.34. The van der Waals surface area contributed by atoms with Gasteiger partial charge < -0.3 is 9.64 Å². The zero-order valence-corrected chi connectivity index (χ0v) is 9.84. The number of rotatable bonds is 2. The van der Waals surface area contributed by atoms with E-state index in [9.17, 15) is 4.79 Å². The Bertz CT molecular complexity index is 251.